The molecule has 10 heteroatoms. The molecule has 9 nitrogen and oxygen atoms in total. The van der Waals surface area contributed by atoms with Gasteiger partial charge in [-0.25, -0.2) is 9.79 Å². The molecule has 1 aromatic rings. The molecule has 0 unspecified atom stereocenters. The molecule has 0 amide bonds. The van der Waals surface area contributed by atoms with Gasteiger partial charge in [0.05, 0.1) is 5.56 Å². The van der Waals surface area contributed by atoms with Crippen LogP contribution in [-0.2, 0) is 17.5 Å². The van der Waals surface area contributed by atoms with Gasteiger partial charge in [-0.15, -0.1) is 0 Å². The van der Waals surface area contributed by atoms with Crippen molar-refractivity contribution < 1.29 is 14.4 Å². The van der Waals surface area contributed by atoms with Crippen LogP contribution in [0.15, 0.2) is 14.6 Å². The molecule has 0 radical (unpaired) electrons. The fraction of sp³-hybridized carbons (Fsp3) is 0.643. The predicted octanol–water partition coefficient (Wildman–Crippen LogP) is 1.69. The van der Waals surface area contributed by atoms with E-state index in [1.165, 1.54) is 4.57 Å². The summed E-state index contributed by atoms with van der Waals surface area (Å²) in [6, 6.07) is 0. The lowest BCUT2D eigenvalue weighted by atomic mass is 10.1. The second-order valence-electron chi connectivity index (χ2n) is 5.74. The third kappa shape index (κ3) is 5.83. The second kappa shape index (κ2) is 9.08. The normalized spacial score (nSPS) is 12.9. The molecule has 0 fully saturated rings. The lowest BCUT2D eigenvalue weighted by Gasteiger charge is -2.07. The Morgan fingerprint density at radius 3 is 2.42 bits per heavy atom. The first kappa shape index (κ1) is 20.5. The van der Waals surface area contributed by atoms with Crippen LogP contribution in [0.2, 0.25) is 0 Å². The van der Waals surface area contributed by atoms with Crippen molar-refractivity contribution in [1.29, 1.82) is 0 Å². The Hall–Kier alpha value is -1.54. The van der Waals surface area contributed by atoms with Gasteiger partial charge in [-0.1, -0.05) is 25.7 Å². The van der Waals surface area contributed by atoms with Gasteiger partial charge in [0.15, 0.2) is 0 Å². The number of H-pyrrole nitrogens is 1. The van der Waals surface area contributed by atoms with Gasteiger partial charge in [0.1, 0.15) is 5.82 Å². The first-order chi connectivity index (χ1) is 10.9. The Kier molecular flexibility index (Phi) is 7.75. The van der Waals surface area contributed by atoms with Crippen LogP contribution in [0.4, 0.5) is 5.82 Å². The SMILES string of the molecule is O=c1[nH]c2c(c(=O)n1CCCCCCCCP(=O)(O)O)CC=N2.[NH4+]. The number of aliphatic imine (C=N–C) groups is 1. The molecule has 0 saturated carbocycles. The van der Waals surface area contributed by atoms with E-state index in [-0.39, 0.29) is 17.9 Å². The van der Waals surface area contributed by atoms with Crippen molar-refractivity contribution in [3.05, 3.63) is 26.4 Å². The van der Waals surface area contributed by atoms with E-state index in [1.807, 2.05) is 0 Å². The van der Waals surface area contributed by atoms with E-state index in [1.54, 1.807) is 6.21 Å². The lowest BCUT2D eigenvalue weighted by Crippen LogP contribution is -2.36. The third-order valence-corrected chi connectivity index (χ3v) is 4.76. The molecule has 0 spiro atoms. The number of rotatable bonds is 9. The third-order valence-electron chi connectivity index (χ3n) is 3.86. The number of hydrogen-bond donors (Lipinski definition) is 4. The minimum absolute atomic E-state index is 0. The smallest absolute Gasteiger partial charge is 0.329 e. The monoisotopic (exact) mass is 361 g/mol. The highest BCUT2D eigenvalue weighted by molar-refractivity contribution is 7.51. The van der Waals surface area contributed by atoms with Crippen LogP contribution >= 0.6 is 7.60 Å². The maximum absolute atomic E-state index is 12.2. The van der Waals surface area contributed by atoms with E-state index in [4.69, 9.17) is 9.79 Å². The zero-order valence-corrected chi connectivity index (χ0v) is 14.8. The molecule has 1 aliphatic heterocycles. The van der Waals surface area contributed by atoms with Crippen molar-refractivity contribution in [1.82, 2.24) is 15.7 Å². The largest absolute Gasteiger partial charge is 0.369 e. The molecular formula is C14H26N4O5P+. The van der Waals surface area contributed by atoms with Crippen LogP contribution in [0.1, 0.15) is 44.1 Å². The molecular weight excluding hydrogens is 335 g/mol. The van der Waals surface area contributed by atoms with Gasteiger partial charge in [0.2, 0.25) is 0 Å². The zero-order valence-electron chi connectivity index (χ0n) is 13.9. The first-order valence-electron chi connectivity index (χ1n) is 7.81. The summed E-state index contributed by atoms with van der Waals surface area (Å²) in [5.41, 5.74) is -0.139. The first-order valence-corrected chi connectivity index (χ1v) is 9.61. The Morgan fingerprint density at radius 2 is 1.75 bits per heavy atom. The molecule has 0 atom stereocenters. The number of nitrogens with one attached hydrogen (secondary N) is 1. The molecule has 0 aliphatic carbocycles. The molecule has 0 bridgehead atoms. The summed E-state index contributed by atoms with van der Waals surface area (Å²) < 4.78 is 11.9. The summed E-state index contributed by atoms with van der Waals surface area (Å²) in [4.78, 5) is 48.1. The number of fused-ring (bicyclic) bond motifs is 1. The molecule has 0 aromatic carbocycles. The Balaban J connectivity index is 0.00000288. The van der Waals surface area contributed by atoms with Gasteiger partial charge in [-0.3, -0.25) is 18.9 Å². The summed E-state index contributed by atoms with van der Waals surface area (Å²) in [6.45, 7) is 0.379. The minimum atomic E-state index is -3.87. The van der Waals surface area contributed by atoms with Crippen molar-refractivity contribution in [2.45, 2.75) is 51.5 Å². The highest BCUT2D eigenvalue weighted by Crippen LogP contribution is 2.35. The van der Waals surface area contributed by atoms with E-state index in [0.717, 1.165) is 32.1 Å². The van der Waals surface area contributed by atoms with Crippen LogP contribution in [0.3, 0.4) is 0 Å². The topological polar surface area (TPSA) is 161 Å². The number of aromatic amines is 1. The molecule has 1 aliphatic rings. The number of unbranched alkanes of at least 4 members (excludes halogenated alkanes) is 5. The van der Waals surface area contributed by atoms with Crippen molar-refractivity contribution in [2.24, 2.45) is 4.99 Å². The molecule has 24 heavy (non-hydrogen) atoms. The summed E-state index contributed by atoms with van der Waals surface area (Å²) in [5, 5.41) is 0. The van der Waals surface area contributed by atoms with Crippen LogP contribution < -0.4 is 17.4 Å². The summed E-state index contributed by atoms with van der Waals surface area (Å²) in [7, 11) is -3.87. The average Bonchev–Trinajstić information content (AvgIpc) is 2.91. The van der Waals surface area contributed by atoms with Crippen LogP contribution in [0.5, 0.6) is 0 Å². The highest BCUT2D eigenvalue weighted by Gasteiger charge is 2.15. The Morgan fingerprint density at radius 1 is 1.12 bits per heavy atom. The number of quaternary nitrogens is 1. The molecule has 2 rings (SSSR count). The van der Waals surface area contributed by atoms with Gasteiger partial charge in [0.25, 0.3) is 5.56 Å². The van der Waals surface area contributed by atoms with Crippen LogP contribution in [-0.4, -0.2) is 31.7 Å². The molecule has 1 aromatic heterocycles. The predicted molar refractivity (Wildman–Crippen MR) is 93.8 cm³/mol. The van der Waals surface area contributed by atoms with Gasteiger partial charge in [-0.2, -0.15) is 0 Å². The molecule has 7 N–H and O–H groups in total. The minimum Gasteiger partial charge on any atom is -0.369 e. The van der Waals surface area contributed by atoms with Crippen molar-refractivity contribution >= 4 is 19.6 Å². The van der Waals surface area contributed by atoms with E-state index < -0.39 is 13.3 Å². The second-order valence-corrected chi connectivity index (χ2v) is 7.52. The van der Waals surface area contributed by atoms with Crippen LogP contribution in [0, 0.1) is 0 Å². The quantitative estimate of drug-likeness (QED) is 0.388. The Labute approximate surface area is 139 Å². The zero-order chi connectivity index (χ0) is 16.9. The summed E-state index contributed by atoms with van der Waals surface area (Å²) in [6.07, 6.45) is 6.72. The van der Waals surface area contributed by atoms with Gasteiger partial charge >= 0.3 is 13.3 Å². The van der Waals surface area contributed by atoms with E-state index in [9.17, 15) is 14.2 Å². The van der Waals surface area contributed by atoms with Gasteiger partial charge in [-0.05, 0) is 12.8 Å². The number of aromatic nitrogens is 2. The standard InChI is InChI=1S/C14H22N3O5P.H3N/c18-13-11-7-8-15-12(11)16-14(19)17(13)9-5-3-1-2-4-6-10-23(20,21)22;/h8H,1-7,9-10H2,(H,16,19)(H2,20,21,22);1H3/p+1. The van der Waals surface area contributed by atoms with Crippen molar-refractivity contribution in [3.8, 4) is 0 Å². The fourth-order valence-corrected chi connectivity index (χ4v) is 3.26. The molecule has 136 valence electrons. The molecule has 2 heterocycles. The average molecular weight is 361 g/mol. The maximum Gasteiger partial charge on any atom is 0.329 e. The maximum atomic E-state index is 12.2. The van der Waals surface area contributed by atoms with Crippen LogP contribution in [0.25, 0.3) is 0 Å². The highest BCUT2D eigenvalue weighted by atomic mass is 31.2. The molecule has 0 saturated heterocycles. The summed E-state index contributed by atoms with van der Waals surface area (Å²) in [5.74, 6) is 0.376. The van der Waals surface area contributed by atoms with E-state index >= 15 is 0 Å². The van der Waals surface area contributed by atoms with Gasteiger partial charge in [0, 0.05) is 25.3 Å². The van der Waals surface area contributed by atoms with Gasteiger partial charge < -0.3 is 15.9 Å². The van der Waals surface area contributed by atoms with Crippen molar-refractivity contribution in [2.75, 3.05) is 6.16 Å². The fourth-order valence-electron chi connectivity index (χ4n) is 2.62. The number of nitrogens with zero attached hydrogens (tertiary/aromatic N) is 2. The Bertz CT molecular complexity index is 734. The lowest BCUT2D eigenvalue weighted by molar-refractivity contribution is 0.370. The van der Waals surface area contributed by atoms with Crippen molar-refractivity contribution in [3.63, 3.8) is 0 Å². The summed E-state index contributed by atoms with van der Waals surface area (Å²) >= 11 is 0. The van der Waals surface area contributed by atoms with E-state index in [0.29, 0.717) is 30.8 Å². The van der Waals surface area contributed by atoms with E-state index in [2.05, 4.69) is 9.98 Å². The number of hydrogen-bond acceptors (Lipinski definition) is 4.